The van der Waals surface area contributed by atoms with Crippen LogP contribution >= 0.6 is 11.8 Å². The number of sulfone groups is 1. The average Bonchev–Trinajstić information content (AvgIpc) is 3.19. The number of hydrogen-bond donors (Lipinski definition) is 0. The van der Waals surface area contributed by atoms with E-state index >= 15 is 0 Å². The summed E-state index contributed by atoms with van der Waals surface area (Å²) in [6.45, 7) is 5.76. The van der Waals surface area contributed by atoms with E-state index in [0.717, 1.165) is 16.7 Å². The lowest BCUT2D eigenvalue weighted by Crippen LogP contribution is -2.41. The molecule has 146 valence electrons. The largest absolute Gasteiger partial charge is 0.411 e. The molecular formula is C18H23N3O4S2. The molecule has 3 rings (SSSR count). The molecule has 1 amide bonds. The number of rotatable bonds is 5. The van der Waals surface area contributed by atoms with Crippen molar-refractivity contribution in [3.05, 3.63) is 29.3 Å². The minimum absolute atomic E-state index is 0.0318. The molecule has 9 heteroatoms. The van der Waals surface area contributed by atoms with Crippen LogP contribution in [0, 0.1) is 13.8 Å². The Hall–Kier alpha value is -1.87. The Morgan fingerprint density at radius 2 is 1.93 bits per heavy atom. The highest BCUT2D eigenvalue weighted by Crippen LogP contribution is 2.28. The second-order valence-electron chi connectivity index (χ2n) is 7.02. The summed E-state index contributed by atoms with van der Waals surface area (Å²) in [5.74, 6) is 0.441. The van der Waals surface area contributed by atoms with E-state index < -0.39 is 15.1 Å². The summed E-state index contributed by atoms with van der Waals surface area (Å²) >= 11 is 1.18. The Kier molecular flexibility index (Phi) is 5.62. The van der Waals surface area contributed by atoms with Crippen molar-refractivity contribution in [1.29, 1.82) is 0 Å². The number of carbonyl (C=O) groups excluding carboxylic acids is 1. The Bertz CT molecular complexity index is 935. The Morgan fingerprint density at radius 1 is 1.26 bits per heavy atom. The van der Waals surface area contributed by atoms with Gasteiger partial charge in [0.2, 0.25) is 11.8 Å². The van der Waals surface area contributed by atoms with Gasteiger partial charge in [-0.1, -0.05) is 29.0 Å². The molecule has 1 aliphatic heterocycles. The highest BCUT2D eigenvalue weighted by molar-refractivity contribution is 8.00. The maximum atomic E-state index is 12.6. The van der Waals surface area contributed by atoms with Crippen molar-refractivity contribution >= 4 is 27.5 Å². The molecule has 0 spiro atoms. The number of carbonyl (C=O) groups is 1. The van der Waals surface area contributed by atoms with E-state index in [2.05, 4.69) is 16.3 Å². The fourth-order valence-corrected chi connectivity index (χ4v) is 5.78. The summed E-state index contributed by atoms with van der Waals surface area (Å²) in [4.78, 5) is 14.2. The second kappa shape index (κ2) is 7.63. The number of hydrogen-bond acceptors (Lipinski definition) is 7. The van der Waals surface area contributed by atoms with Crippen LogP contribution in [0.25, 0.3) is 11.5 Å². The summed E-state index contributed by atoms with van der Waals surface area (Å²) < 4.78 is 29.0. The quantitative estimate of drug-likeness (QED) is 0.700. The van der Waals surface area contributed by atoms with Crippen LogP contribution in [-0.4, -0.2) is 59.3 Å². The Morgan fingerprint density at radius 3 is 2.52 bits per heavy atom. The third-order valence-corrected chi connectivity index (χ3v) is 7.28. The number of amides is 1. The van der Waals surface area contributed by atoms with Gasteiger partial charge in [-0.05, 0) is 39.3 Å². The number of thioether (sulfide) groups is 1. The van der Waals surface area contributed by atoms with Crippen LogP contribution in [0.4, 0.5) is 0 Å². The number of nitrogens with zero attached hydrogens (tertiary/aromatic N) is 3. The fourth-order valence-electron chi connectivity index (χ4n) is 3.22. The minimum Gasteiger partial charge on any atom is -0.411 e. The molecule has 1 fully saturated rings. The van der Waals surface area contributed by atoms with E-state index in [1.807, 2.05) is 26.0 Å². The van der Waals surface area contributed by atoms with Crippen LogP contribution in [0.3, 0.4) is 0 Å². The molecule has 2 aromatic rings. The predicted octanol–water partition coefficient (Wildman–Crippen LogP) is 2.48. The van der Waals surface area contributed by atoms with Gasteiger partial charge in [-0.25, -0.2) is 8.42 Å². The van der Waals surface area contributed by atoms with Crippen LogP contribution in [0.5, 0.6) is 0 Å². The average molecular weight is 410 g/mol. The molecule has 2 heterocycles. The van der Waals surface area contributed by atoms with Crippen molar-refractivity contribution in [2.45, 2.75) is 43.7 Å². The van der Waals surface area contributed by atoms with Crippen LogP contribution < -0.4 is 0 Å². The summed E-state index contributed by atoms with van der Waals surface area (Å²) in [5, 5.41) is 7.98. The van der Waals surface area contributed by atoms with Crippen molar-refractivity contribution in [1.82, 2.24) is 15.1 Å². The standard InChI is InChI=1S/C18H23N3O4S2/c1-11-7-12(2)9-14(8-11)16-19-20-18(25-16)26-13(3)17(22)21(4)15-5-6-27(23,24)10-15/h7-9,13,15H,5-6,10H2,1-4H3/t13-,15+/m0/s1. The number of aromatic nitrogens is 2. The predicted molar refractivity (Wildman–Crippen MR) is 104 cm³/mol. The van der Waals surface area contributed by atoms with Gasteiger partial charge in [0.1, 0.15) is 0 Å². The summed E-state index contributed by atoms with van der Waals surface area (Å²) in [7, 11) is -1.38. The van der Waals surface area contributed by atoms with Gasteiger partial charge in [0.05, 0.1) is 16.8 Å². The second-order valence-corrected chi connectivity index (χ2v) is 10.5. The molecule has 1 saturated heterocycles. The molecule has 0 unspecified atom stereocenters. The van der Waals surface area contributed by atoms with E-state index in [-0.39, 0.29) is 23.5 Å². The van der Waals surface area contributed by atoms with Gasteiger partial charge in [0, 0.05) is 18.7 Å². The maximum Gasteiger partial charge on any atom is 0.277 e. The summed E-state index contributed by atoms with van der Waals surface area (Å²) in [6.07, 6.45) is 0.485. The van der Waals surface area contributed by atoms with Gasteiger partial charge < -0.3 is 9.32 Å². The van der Waals surface area contributed by atoms with E-state index in [9.17, 15) is 13.2 Å². The zero-order valence-corrected chi connectivity index (χ0v) is 17.4. The first-order valence-corrected chi connectivity index (χ1v) is 11.4. The van der Waals surface area contributed by atoms with E-state index in [1.54, 1.807) is 14.0 Å². The van der Waals surface area contributed by atoms with Crippen LogP contribution in [0.1, 0.15) is 24.5 Å². The smallest absolute Gasteiger partial charge is 0.277 e. The van der Waals surface area contributed by atoms with Gasteiger partial charge >= 0.3 is 0 Å². The molecule has 7 nitrogen and oxygen atoms in total. The topological polar surface area (TPSA) is 93.4 Å². The number of benzene rings is 1. The highest BCUT2D eigenvalue weighted by Gasteiger charge is 2.34. The Labute approximate surface area is 163 Å². The first kappa shape index (κ1) is 19.9. The molecule has 0 saturated carbocycles. The lowest BCUT2D eigenvalue weighted by Gasteiger charge is -2.25. The minimum atomic E-state index is -3.03. The molecule has 0 bridgehead atoms. The van der Waals surface area contributed by atoms with Crippen LogP contribution in [0.2, 0.25) is 0 Å². The third-order valence-electron chi connectivity index (χ3n) is 4.60. The molecule has 0 N–H and O–H groups in total. The Balaban J connectivity index is 1.67. The van der Waals surface area contributed by atoms with E-state index in [1.165, 1.54) is 16.7 Å². The first-order chi connectivity index (χ1) is 12.6. The van der Waals surface area contributed by atoms with Crippen molar-refractivity contribution in [2.75, 3.05) is 18.6 Å². The van der Waals surface area contributed by atoms with Gasteiger partial charge in [0.15, 0.2) is 9.84 Å². The monoisotopic (exact) mass is 409 g/mol. The van der Waals surface area contributed by atoms with E-state index in [0.29, 0.717) is 17.5 Å². The molecule has 0 aliphatic carbocycles. The lowest BCUT2D eigenvalue weighted by molar-refractivity contribution is -0.130. The summed E-state index contributed by atoms with van der Waals surface area (Å²) in [6, 6.07) is 5.74. The zero-order valence-electron chi connectivity index (χ0n) is 15.8. The SMILES string of the molecule is Cc1cc(C)cc(-c2nnc(S[C@@H](C)C(=O)N(C)[C@@H]3CCS(=O)(=O)C3)o2)c1. The molecule has 2 atom stereocenters. The van der Waals surface area contributed by atoms with Gasteiger partial charge in [0.25, 0.3) is 5.22 Å². The first-order valence-electron chi connectivity index (χ1n) is 8.70. The zero-order chi connectivity index (χ0) is 19.8. The van der Waals surface area contributed by atoms with Crippen LogP contribution in [0.15, 0.2) is 27.8 Å². The lowest BCUT2D eigenvalue weighted by atomic mass is 10.1. The van der Waals surface area contributed by atoms with Crippen molar-refractivity contribution in [2.24, 2.45) is 0 Å². The maximum absolute atomic E-state index is 12.6. The van der Waals surface area contributed by atoms with Gasteiger partial charge in [-0.15, -0.1) is 10.2 Å². The molecular weight excluding hydrogens is 386 g/mol. The normalized spacial score (nSPS) is 19.8. The molecule has 1 aliphatic rings. The van der Waals surface area contributed by atoms with Crippen LogP contribution in [-0.2, 0) is 14.6 Å². The van der Waals surface area contributed by atoms with Gasteiger partial charge in [-0.2, -0.15) is 0 Å². The highest BCUT2D eigenvalue weighted by atomic mass is 32.2. The summed E-state index contributed by atoms with van der Waals surface area (Å²) in [5.41, 5.74) is 3.06. The molecule has 0 radical (unpaired) electrons. The number of aryl methyl sites for hydroxylation is 2. The molecule has 1 aromatic heterocycles. The molecule has 27 heavy (non-hydrogen) atoms. The van der Waals surface area contributed by atoms with Crippen molar-refractivity contribution in [3.63, 3.8) is 0 Å². The third kappa shape index (κ3) is 4.70. The van der Waals surface area contributed by atoms with E-state index in [4.69, 9.17) is 4.42 Å². The fraction of sp³-hybridized carbons (Fsp3) is 0.500. The molecule has 1 aromatic carbocycles. The van der Waals surface area contributed by atoms with Crippen molar-refractivity contribution in [3.8, 4) is 11.5 Å². The van der Waals surface area contributed by atoms with Crippen molar-refractivity contribution < 1.29 is 17.6 Å². The van der Waals surface area contributed by atoms with Gasteiger partial charge in [-0.3, -0.25) is 4.79 Å².